The average molecular weight is 401 g/mol. The molecule has 1 atom stereocenters. The molecule has 138 valence electrons. The molecule has 1 unspecified atom stereocenters. The van der Waals surface area contributed by atoms with Gasteiger partial charge in [-0.05, 0) is 36.2 Å². The van der Waals surface area contributed by atoms with E-state index in [0.717, 1.165) is 11.1 Å². The molecule has 27 heavy (non-hydrogen) atoms. The highest BCUT2D eigenvalue weighted by atomic mass is 35.5. The van der Waals surface area contributed by atoms with Crippen molar-refractivity contribution in [2.24, 2.45) is 0 Å². The Morgan fingerprint density at radius 1 is 1.00 bits per heavy atom. The summed E-state index contributed by atoms with van der Waals surface area (Å²) in [5.74, 6) is -0.905. The number of hydroxylamine groups is 1. The summed E-state index contributed by atoms with van der Waals surface area (Å²) >= 11 is 7.21. The molecule has 0 fully saturated rings. The van der Waals surface area contributed by atoms with Crippen LogP contribution in [0, 0.1) is 0 Å². The van der Waals surface area contributed by atoms with E-state index in [1.54, 1.807) is 30.6 Å². The number of carbonyl (C=O) groups is 2. The maximum atomic E-state index is 12.5. The Kier molecular flexibility index (Phi) is 5.91. The maximum absolute atomic E-state index is 12.5. The van der Waals surface area contributed by atoms with Crippen LogP contribution in [0.3, 0.4) is 0 Å². The minimum Gasteiger partial charge on any atom is -0.345 e. The zero-order valence-corrected chi connectivity index (χ0v) is 16.0. The molecule has 3 N–H and O–H groups in total. The van der Waals surface area contributed by atoms with E-state index in [-0.39, 0.29) is 21.8 Å². The Balaban J connectivity index is 1.71. The summed E-state index contributed by atoms with van der Waals surface area (Å²) in [6.07, 6.45) is 0. The number of halogens is 1. The zero-order valence-electron chi connectivity index (χ0n) is 14.4. The van der Waals surface area contributed by atoms with Crippen molar-refractivity contribution in [3.63, 3.8) is 0 Å². The average Bonchev–Trinajstić information content (AvgIpc) is 3.10. The van der Waals surface area contributed by atoms with E-state index in [1.165, 1.54) is 11.3 Å². The zero-order chi connectivity index (χ0) is 19.4. The Bertz CT molecular complexity index is 955. The predicted octanol–water partition coefficient (Wildman–Crippen LogP) is 4.68. The lowest BCUT2D eigenvalue weighted by Crippen LogP contribution is -2.26. The molecule has 3 aromatic rings. The van der Waals surface area contributed by atoms with Crippen molar-refractivity contribution in [1.82, 2.24) is 10.8 Å². The fourth-order valence-electron chi connectivity index (χ4n) is 2.61. The first kappa shape index (κ1) is 19.1. The van der Waals surface area contributed by atoms with Crippen molar-refractivity contribution in [2.75, 3.05) is 0 Å². The molecule has 0 radical (unpaired) electrons. The fraction of sp³-hybridized carbons (Fsp3) is 0.100. The summed E-state index contributed by atoms with van der Waals surface area (Å²) in [7, 11) is 0. The Labute approximate surface area is 165 Å². The highest BCUT2D eigenvalue weighted by Crippen LogP contribution is 2.31. The van der Waals surface area contributed by atoms with Gasteiger partial charge in [-0.3, -0.25) is 14.8 Å². The van der Waals surface area contributed by atoms with E-state index in [4.69, 9.17) is 16.8 Å². The monoisotopic (exact) mass is 400 g/mol. The van der Waals surface area contributed by atoms with Gasteiger partial charge in [0.2, 0.25) is 0 Å². The van der Waals surface area contributed by atoms with Crippen molar-refractivity contribution in [3.05, 3.63) is 81.0 Å². The second-order valence-electron chi connectivity index (χ2n) is 5.92. The molecule has 0 bridgehead atoms. The molecule has 0 aliphatic carbocycles. The third-order valence-corrected chi connectivity index (χ3v) is 5.62. The highest BCUT2D eigenvalue weighted by Gasteiger charge is 2.19. The summed E-state index contributed by atoms with van der Waals surface area (Å²) in [4.78, 5) is 24.8. The van der Waals surface area contributed by atoms with Crippen LogP contribution in [0.4, 0.5) is 0 Å². The normalized spacial score (nSPS) is 11.7. The van der Waals surface area contributed by atoms with Gasteiger partial charge in [-0.15, -0.1) is 11.3 Å². The van der Waals surface area contributed by atoms with Crippen molar-refractivity contribution >= 4 is 34.8 Å². The quantitative estimate of drug-likeness (QED) is 0.430. The maximum Gasteiger partial charge on any atom is 0.277 e. The summed E-state index contributed by atoms with van der Waals surface area (Å²) in [6.45, 7) is 1.80. The molecule has 1 heterocycles. The van der Waals surface area contributed by atoms with Crippen molar-refractivity contribution in [3.8, 4) is 11.1 Å². The van der Waals surface area contributed by atoms with Gasteiger partial charge in [0, 0.05) is 10.4 Å². The molecule has 3 rings (SSSR count). The van der Waals surface area contributed by atoms with E-state index < -0.39 is 5.91 Å². The summed E-state index contributed by atoms with van der Waals surface area (Å²) in [5, 5.41) is 11.6. The van der Waals surface area contributed by atoms with Crippen LogP contribution >= 0.6 is 22.9 Å². The number of hydrogen-bond acceptors (Lipinski definition) is 4. The molecule has 0 saturated carbocycles. The minimum absolute atomic E-state index is 0.174. The van der Waals surface area contributed by atoms with Gasteiger partial charge in [0.15, 0.2) is 0 Å². The van der Waals surface area contributed by atoms with Gasteiger partial charge in [0.05, 0.1) is 11.6 Å². The second-order valence-corrected chi connectivity index (χ2v) is 7.60. The second kappa shape index (κ2) is 8.35. The molecule has 2 aromatic carbocycles. The Morgan fingerprint density at radius 3 is 2.26 bits per heavy atom. The summed E-state index contributed by atoms with van der Waals surface area (Å²) in [6, 6.07) is 18.5. The molecular formula is C20H17ClN2O3S. The molecule has 7 heteroatoms. The molecule has 2 amide bonds. The smallest absolute Gasteiger partial charge is 0.277 e. The number of nitrogens with one attached hydrogen (secondary N) is 2. The molecule has 5 nitrogen and oxygen atoms in total. The number of benzene rings is 2. The van der Waals surface area contributed by atoms with E-state index in [9.17, 15) is 9.59 Å². The molecular weight excluding hydrogens is 384 g/mol. The van der Waals surface area contributed by atoms with Crippen LogP contribution in [0.5, 0.6) is 0 Å². The van der Waals surface area contributed by atoms with Crippen LogP contribution in [0.15, 0.2) is 60.7 Å². The van der Waals surface area contributed by atoms with Crippen LogP contribution in [0.25, 0.3) is 11.1 Å². The summed E-state index contributed by atoms with van der Waals surface area (Å²) < 4.78 is 0.255. The van der Waals surface area contributed by atoms with Crippen LogP contribution in [-0.2, 0) is 0 Å². The lowest BCUT2D eigenvalue weighted by molar-refractivity contribution is 0.0707. The summed E-state index contributed by atoms with van der Waals surface area (Å²) in [5.41, 5.74) is 4.38. The topological polar surface area (TPSA) is 78.4 Å². The molecule has 0 aliphatic rings. The first-order valence-electron chi connectivity index (χ1n) is 8.19. The fourth-order valence-corrected chi connectivity index (χ4v) is 3.90. The van der Waals surface area contributed by atoms with Gasteiger partial charge in [0.1, 0.15) is 4.34 Å². The molecule has 0 spiro atoms. The largest absolute Gasteiger partial charge is 0.345 e. The first-order valence-corrected chi connectivity index (χ1v) is 9.39. The van der Waals surface area contributed by atoms with E-state index in [1.807, 2.05) is 42.5 Å². The number of amides is 2. The van der Waals surface area contributed by atoms with Crippen molar-refractivity contribution in [2.45, 2.75) is 13.0 Å². The predicted molar refractivity (Wildman–Crippen MR) is 106 cm³/mol. The number of rotatable bonds is 5. The van der Waals surface area contributed by atoms with Gasteiger partial charge < -0.3 is 5.32 Å². The van der Waals surface area contributed by atoms with Crippen LogP contribution < -0.4 is 10.8 Å². The lowest BCUT2D eigenvalue weighted by Gasteiger charge is -2.12. The Hall–Kier alpha value is -2.67. The van der Waals surface area contributed by atoms with Gasteiger partial charge in [-0.25, -0.2) is 5.48 Å². The van der Waals surface area contributed by atoms with Crippen molar-refractivity contribution in [1.29, 1.82) is 0 Å². The van der Waals surface area contributed by atoms with Gasteiger partial charge in [0.25, 0.3) is 11.8 Å². The third-order valence-electron chi connectivity index (χ3n) is 4.08. The standard InChI is InChI=1S/C20H17ClN2O3S/c1-12(17-11-16(18(21)27-17)20(25)23-26)22-19(24)15-9-7-14(8-10-15)13-5-3-2-4-6-13/h2-12,26H,1H3,(H,22,24)(H,23,25). The SMILES string of the molecule is CC(NC(=O)c1ccc(-c2ccccc2)cc1)c1cc(C(=O)NO)c(Cl)s1. The van der Waals surface area contributed by atoms with Crippen LogP contribution in [0.1, 0.15) is 38.6 Å². The van der Waals surface area contributed by atoms with Gasteiger partial charge in [-0.2, -0.15) is 0 Å². The number of hydrogen-bond donors (Lipinski definition) is 3. The van der Waals surface area contributed by atoms with Crippen molar-refractivity contribution < 1.29 is 14.8 Å². The van der Waals surface area contributed by atoms with E-state index >= 15 is 0 Å². The van der Waals surface area contributed by atoms with E-state index in [0.29, 0.717) is 10.4 Å². The third kappa shape index (κ3) is 4.36. The highest BCUT2D eigenvalue weighted by molar-refractivity contribution is 7.16. The first-order chi connectivity index (χ1) is 13.0. The number of carbonyl (C=O) groups excluding carboxylic acids is 2. The minimum atomic E-state index is -0.683. The molecule has 0 saturated heterocycles. The van der Waals surface area contributed by atoms with Gasteiger partial charge >= 0.3 is 0 Å². The van der Waals surface area contributed by atoms with Crippen LogP contribution in [-0.4, -0.2) is 17.0 Å². The molecule has 0 aliphatic heterocycles. The van der Waals surface area contributed by atoms with Gasteiger partial charge in [-0.1, -0.05) is 54.1 Å². The number of thiophene rings is 1. The molecule has 1 aromatic heterocycles. The van der Waals surface area contributed by atoms with Crippen LogP contribution in [0.2, 0.25) is 4.34 Å². The Morgan fingerprint density at radius 2 is 1.63 bits per heavy atom. The van der Waals surface area contributed by atoms with E-state index in [2.05, 4.69) is 5.32 Å². The lowest BCUT2D eigenvalue weighted by atomic mass is 10.0.